The van der Waals surface area contributed by atoms with E-state index in [1.807, 2.05) is 31.2 Å². The highest BCUT2D eigenvalue weighted by atomic mass is 32.2. The number of nitrogens with zero attached hydrogens (tertiary/aromatic N) is 2. The molecule has 0 radical (unpaired) electrons. The van der Waals surface area contributed by atoms with Crippen molar-refractivity contribution < 1.29 is 27.5 Å². The van der Waals surface area contributed by atoms with Gasteiger partial charge in [0.1, 0.15) is 10.7 Å². The van der Waals surface area contributed by atoms with Gasteiger partial charge in [0, 0.05) is 18.3 Å². The molecule has 176 valence electrons. The second-order valence-electron chi connectivity index (χ2n) is 8.19. The van der Waals surface area contributed by atoms with Crippen molar-refractivity contribution in [1.82, 2.24) is 4.90 Å². The van der Waals surface area contributed by atoms with Crippen molar-refractivity contribution in [3.8, 4) is 11.5 Å². The average Bonchev–Trinajstić information content (AvgIpc) is 3.58. The van der Waals surface area contributed by atoms with Crippen LogP contribution in [0.3, 0.4) is 0 Å². The first-order chi connectivity index (χ1) is 16.0. The minimum atomic E-state index is -2.60. The molecule has 0 saturated heterocycles. The molecule has 1 heterocycles. The maximum atomic E-state index is 13.7. The standard InChI is InChI=1S/C24H28N2O6S/c1-3-32-22-13-16(7-10-21(22)31-2)19(11-12-33(29)30)25-14-17-5-4-6-20(23(17)24(25)28)26(15-27)18-8-9-18/h4-7,10,13,15,18-19,33H,3,8-9,11-12,14H2,1-2H3/t19-/m0/s1. The van der Waals surface area contributed by atoms with Crippen LogP contribution in [0.25, 0.3) is 0 Å². The number of methoxy groups -OCH3 is 1. The van der Waals surface area contributed by atoms with Crippen molar-refractivity contribution in [2.45, 2.75) is 44.8 Å². The monoisotopic (exact) mass is 472 g/mol. The molecule has 1 aliphatic heterocycles. The third-order valence-electron chi connectivity index (χ3n) is 6.11. The van der Waals surface area contributed by atoms with E-state index in [4.69, 9.17) is 9.47 Å². The molecule has 1 atom stereocenters. The van der Waals surface area contributed by atoms with Crippen molar-refractivity contribution in [3.63, 3.8) is 0 Å². The van der Waals surface area contributed by atoms with Crippen LogP contribution in [0, 0.1) is 0 Å². The third-order valence-corrected chi connectivity index (χ3v) is 6.73. The van der Waals surface area contributed by atoms with Crippen LogP contribution in [0.15, 0.2) is 36.4 Å². The summed E-state index contributed by atoms with van der Waals surface area (Å²) >= 11 is 0. The predicted octanol–water partition coefficient (Wildman–Crippen LogP) is 2.92. The zero-order valence-corrected chi connectivity index (χ0v) is 19.6. The quantitative estimate of drug-likeness (QED) is 0.399. The summed E-state index contributed by atoms with van der Waals surface area (Å²) in [6, 6.07) is 10.6. The van der Waals surface area contributed by atoms with Gasteiger partial charge in [-0.1, -0.05) is 18.2 Å². The number of fused-ring (bicyclic) bond motifs is 1. The van der Waals surface area contributed by atoms with E-state index in [1.165, 1.54) is 0 Å². The second-order valence-corrected chi connectivity index (χ2v) is 9.30. The molecule has 0 unspecified atom stereocenters. The van der Waals surface area contributed by atoms with Gasteiger partial charge in [-0.3, -0.25) is 9.59 Å². The Balaban J connectivity index is 1.72. The van der Waals surface area contributed by atoms with Crippen LogP contribution in [-0.4, -0.2) is 51.1 Å². The zero-order valence-electron chi connectivity index (χ0n) is 18.7. The van der Waals surface area contributed by atoms with Crippen molar-refractivity contribution >= 4 is 28.7 Å². The molecule has 2 aliphatic rings. The molecule has 33 heavy (non-hydrogen) atoms. The summed E-state index contributed by atoms with van der Waals surface area (Å²) < 4.78 is 33.9. The number of carbonyl (C=O) groups is 2. The van der Waals surface area contributed by atoms with Gasteiger partial charge in [-0.15, -0.1) is 0 Å². The van der Waals surface area contributed by atoms with Gasteiger partial charge in [0.05, 0.1) is 31.0 Å². The van der Waals surface area contributed by atoms with Crippen LogP contribution in [-0.2, 0) is 22.0 Å². The number of benzene rings is 2. The number of hydrogen-bond acceptors (Lipinski definition) is 6. The van der Waals surface area contributed by atoms with E-state index in [-0.39, 0.29) is 24.1 Å². The molecule has 1 fully saturated rings. The van der Waals surface area contributed by atoms with E-state index in [9.17, 15) is 18.0 Å². The lowest BCUT2D eigenvalue weighted by atomic mass is 10.0. The van der Waals surface area contributed by atoms with Gasteiger partial charge in [-0.25, -0.2) is 8.42 Å². The smallest absolute Gasteiger partial charge is 0.257 e. The molecule has 0 aromatic heterocycles. The van der Waals surface area contributed by atoms with Gasteiger partial charge in [-0.05, 0) is 55.5 Å². The first-order valence-corrected chi connectivity index (χ1v) is 12.4. The van der Waals surface area contributed by atoms with Gasteiger partial charge >= 0.3 is 0 Å². The van der Waals surface area contributed by atoms with Crippen LogP contribution in [0.1, 0.15) is 53.7 Å². The molecule has 2 aromatic rings. The minimum Gasteiger partial charge on any atom is -0.493 e. The fourth-order valence-corrected chi connectivity index (χ4v) is 4.88. The summed E-state index contributed by atoms with van der Waals surface area (Å²) in [5, 5.41) is 0. The Hall–Kier alpha value is -3.07. The molecule has 9 heteroatoms. The van der Waals surface area contributed by atoms with E-state index in [0.29, 0.717) is 35.9 Å². The van der Waals surface area contributed by atoms with Crippen LogP contribution in [0.5, 0.6) is 11.5 Å². The van der Waals surface area contributed by atoms with E-state index in [1.54, 1.807) is 29.0 Å². The van der Waals surface area contributed by atoms with E-state index >= 15 is 0 Å². The lowest BCUT2D eigenvalue weighted by Gasteiger charge is -2.29. The highest BCUT2D eigenvalue weighted by Crippen LogP contribution is 2.41. The first-order valence-electron chi connectivity index (χ1n) is 11.1. The molecule has 2 aromatic carbocycles. The Bertz CT molecular complexity index is 1120. The Kier molecular flexibility index (Phi) is 6.88. The SMILES string of the molecule is CCOc1cc([C@H](CC[SH](=O)=O)N2Cc3cccc(N(C=O)C4CC4)c3C2=O)ccc1OC. The first kappa shape index (κ1) is 23.1. The lowest BCUT2D eigenvalue weighted by Crippen LogP contribution is -2.31. The van der Waals surface area contributed by atoms with Gasteiger partial charge in [0.15, 0.2) is 11.5 Å². The summed E-state index contributed by atoms with van der Waals surface area (Å²) in [7, 11) is -1.05. The zero-order chi connectivity index (χ0) is 23.5. The second kappa shape index (κ2) is 9.82. The van der Waals surface area contributed by atoms with Crippen molar-refractivity contribution in [1.29, 1.82) is 0 Å². The summed E-state index contributed by atoms with van der Waals surface area (Å²) in [6.45, 7) is 2.65. The number of thiol groups is 1. The molecule has 1 aliphatic carbocycles. The summed E-state index contributed by atoms with van der Waals surface area (Å²) in [6.07, 6.45) is 2.89. The Morgan fingerprint density at radius 1 is 1.21 bits per heavy atom. The highest BCUT2D eigenvalue weighted by Gasteiger charge is 2.39. The topological polar surface area (TPSA) is 93.2 Å². The fourth-order valence-electron chi connectivity index (χ4n) is 4.42. The van der Waals surface area contributed by atoms with Crippen LogP contribution in [0.4, 0.5) is 5.69 Å². The van der Waals surface area contributed by atoms with Crippen LogP contribution < -0.4 is 14.4 Å². The molecule has 2 amide bonds. The Morgan fingerprint density at radius 2 is 2.00 bits per heavy atom. The van der Waals surface area contributed by atoms with Crippen molar-refractivity contribution in [3.05, 3.63) is 53.1 Å². The molecule has 8 nitrogen and oxygen atoms in total. The number of rotatable bonds is 11. The van der Waals surface area contributed by atoms with Crippen LogP contribution in [0.2, 0.25) is 0 Å². The van der Waals surface area contributed by atoms with Gasteiger partial charge < -0.3 is 19.3 Å². The largest absolute Gasteiger partial charge is 0.493 e. The average molecular weight is 473 g/mol. The molecule has 4 rings (SSSR count). The minimum absolute atomic E-state index is 0.0501. The highest BCUT2D eigenvalue weighted by molar-refractivity contribution is 7.72. The number of amides is 2. The van der Waals surface area contributed by atoms with Gasteiger partial charge in [0.25, 0.3) is 5.91 Å². The molecular weight excluding hydrogens is 444 g/mol. The number of anilines is 1. The van der Waals surface area contributed by atoms with E-state index in [2.05, 4.69) is 0 Å². The molecular formula is C24H28N2O6S. The van der Waals surface area contributed by atoms with Crippen molar-refractivity contribution in [2.75, 3.05) is 24.4 Å². The van der Waals surface area contributed by atoms with Crippen LogP contribution >= 0.6 is 0 Å². The molecule has 1 saturated carbocycles. The predicted molar refractivity (Wildman–Crippen MR) is 125 cm³/mol. The maximum absolute atomic E-state index is 13.7. The Morgan fingerprint density at radius 3 is 2.64 bits per heavy atom. The third kappa shape index (κ3) is 4.68. The number of hydrogen-bond donors (Lipinski definition) is 1. The van der Waals surface area contributed by atoms with Gasteiger partial charge in [0.2, 0.25) is 6.41 Å². The maximum Gasteiger partial charge on any atom is 0.257 e. The van der Waals surface area contributed by atoms with Gasteiger partial charge in [-0.2, -0.15) is 0 Å². The molecule has 0 spiro atoms. The number of carbonyl (C=O) groups excluding carboxylic acids is 2. The summed E-state index contributed by atoms with van der Waals surface area (Å²) in [4.78, 5) is 28.8. The lowest BCUT2D eigenvalue weighted by molar-refractivity contribution is -0.107. The van der Waals surface area contributed by atoms with E-state index < -0.39 is 16.7 Å². The normalized spacial score (nSPS) is 16.0. The number of ether oxygens (including phenoxy) is 2. The van der Waals surface area contributed by atoms with Crippen molar-refractivity contribution in [2.24, 2.45) is 0 Å². The fraction of sp³-hybridized carbons (Fsp3) is 0.417. The molecule has 0 bridgehead atoms. The van der Waals surface area contributed by atoms with E-state index in [0.717, 1.165) is 30.4 Å². The molecule has 0 N–H and O–H groups in total. The summed E-state index contributed by atoms with van der Waals surface area (Å²) in [5.41, 5.74) is 2.75. The summed E-state index contributed by atoms with van der Waals surface area (Å²) in [5.74, 6) is 0.859. The Labute approximate surface area is 195 Å².